The first-order chi connectivity index (χ1) is 16.0. The number of hydrogen-bond acceptors (Lipinski definition) is 5. The Bertz CT molecular complexity index is 1170. The van der Waals surface area contributed by atoms with E-state index in [-0.39, 0.29) is 45.8 Å². The molecule has 2 aromatic carbocycles. The molecule has 0 fully saturated rings. The van der Waals surface area contributed by atoms with Crippen molar-refractivity contribution >= 4 is 28.9 Å². The molecule has 3 aromatic rings. The lowest BCUT2D eigenvalue weighted by Crippen LogP contribution is -2.39. The first-order valence-corrected chi connectivity index (χ1v) is 9.96. The van der Waals surface area contributed by atoms with Gasteiger partial charge in [-0.25, -0.2) is 8.78 Å². The van der Waals surface area contributed by atoms with E-state index in [9.17, 15) is 26.7 Å². The predicted octanol–water partition coefficient (Wildman–Crippen LogP) is 4.59. The van der Waals surface area contributed by atoms with Crippen molar-refractivity contribution in [1.82, 2.24) is 9.78 Å². The highest BCUT2D eigenvalue weighted by atomic mass is 35.5. The van der Waals surface area contributed by atoms with Gasteiger partial charge in [0.05, 0.1) is 29.7 Å². The van der Waals surface area contributed by atoms with E-state index >= 15 is 0 Å². The summed E-state index contributed by atoms with van der Waals surface area (Å²) in [4.78, 5) is 12.3. The lowest BCUT2D eigenvalue weighted by molar-refractivity contribution is -0.169. The van der Waals surface area contributed by atoms with E-state index < -0.39 is 35.1 Å². The van der Waals surface area contributed by atoms with Crippen LogP contribution in [-0.2, 0) is 11.8 Å². The molecule has 0 unspecified atom stereocenters. The summed E-state index contributed by atoms with van der Waals surface area (Å²) >= 11 is 6.20. The van der Waals surface area contributed by atoms with Crippen LogP contribution in [0, 0.1) is 11.6 Å². The Balaban J connectivity index is 2.29. The van der Waals surface area contributed by atoms with Gasteiger partial charge in [-0.1, -0.05) is 11.6 Å². The van der Waals surface area contributed by atoms with E-state index in [2.05, 4.69) is 5.10 Å². The molecule has 7 nitrogen and oxygen atoms in total. The number of carbonyl (C=O) groups is 1. The fraction of sp³-hybridized carbons (Fsp3) is 0.238. The Hall–Kier alpha value is -3.38. The molecule has 34 heavy (non-hydrogen) atoms. The molecular weight excluding hydrogens is 487 g/mol. The van der Waals surface area contributed by atoms with Crippen LogP contribution in [-0.4, -0.2) is 42.1 Å². The zero-order valence-corrected chi connectivity index (χ0v) is 18.5. The van der Waals surface area contributed by atoms with E-state index in [0.717, 1.165) is 19.2 Å². The van der Waals surface area contributed by atoms with E-state index in [1.807, 2.05) is 0 Å². The molecule has 0 radical (unpaired) electrons. The van der Waals surface area contributed by atoms with Gasteiger partial charge in [0.15, 0.2) is 11.6 Å². The van der Waals surface area contributed by atoms with Gasteiger partial charge in [-0.3, -0.25) is 14.4 Å². The largest absolute Gasteiger partial charge is 0.497 e. The van der Waals surface area contributed by atoms with Crippen molar-refractivity contribution in [2.24, 2.45) is 12.8 Å². The number of amides is 1. The Morgan fingerprint density at radius 3 is 2.35 bits per heavy atom. The fourth-order valence-electron chi connectivity index (χ4n) is 3.20. The Labute approximate surface area is 195 Å². The number of ether oxygens (including phenoxy) is 2. The van der Waals surface area contributed by atoms with E-state index in [4.69, 9.17) is 26.8 Å². The van der Waals surface area contributed by atoms with Gasteiger partial charge in [0.2, 0.25) is 0 Å². The van der Waals surface area contributed by atoms with Crippen molar-refractivity contribution in [2.75, 3.05) is 25.2 Å². The number of hydrogen-bond donors (Lipinski definition) is 1. The Kier molecular flexibility index (Phi) is 7.32. The zero-order valence-electron chi connectivity index (χ0n) is 17.8. The first kappa shape index (κ1) is 25.2. The molecule has 1 aromatic heterocycles. The van der Waals surface area contributed by atoms with E-state index in [1.165, 1.54) is 24.0 Å². The fourth-order valence-corrected chi connectivity index (χ4v) is 3.47. The topological polar surface area (TPSA) is 82.6 Å². The van der Waals surface area contributed by atoms with Crippen molar-refractivity contribution in [3.8, 4) is 22.8 Å². The van der Waals surface area contributed by atoms with Crippen LogP contribution in [0.5, 0.6) is 11.5 Å². The van der Waals surface area contributed by atoms with Gasteiger partial charge in [0, 0.05) is 31.3 Å². The number of carbonyl (C=O) groups excluding carboxylic acids is 1. The average Bonchev–Trinajstić information content (AvgIpc) is 3.11. The number of benzene rings is 2. The molecule has 1 amide bonds. The summed E-state index contributed by atoms with van der Waals surface area (Å²) in [5.74, 6) is -5.55. The number of aryl methyl sites for hydroxylation is 1. The molecule has 0 aliphatic heterocycles. The van der Waals surface area contributed by atoms with Crippen LogP contribution in [0.1, 0.15) is 0 Å². The first-order valence-electron chi connectivity index (χ1n) is 9.58. The van der Waals surface area contributed by atoms with E-state index in [0.29, 0.717) is 12.1 Å². The van der Waals surface area contributed by atoms with Crippen molar-refractivity contribution < 1.29 is 36.2 Å². The average molecular weight is 505 g/mol. The highest BCUT2D eigenvalue weighted by Gasteiger charge is 2.45. The number of anilines is 2. The smallest absolute Gasteiger partial charge is 0.472 e. The molecule has 2 N–H and O–H groups in total. The maximum Gasteiger partial charge on any atom is 0.472 e. The number of rotatable bonds is 7. The second-order valence-electron chi connectivity index (χ2n) is 6.86. The van der Waals surface area contributed by atoms with Crippen LogP contribution in [0.15, 0.2) is 36.5 Å². The molecule has 3 rings (SSSR count). The summed E-state index contributed by atoms with van der Waals surface area (Å²) in [6, 6.07) is 4.69. The summed E-state index contributed by atoms with van der Waals surface area (Å²) in [5, 5.41) is 4.10. The number of halogens is 6. The quantitative estimate of drug-likeness (QED) is 0.476. The predicted molar refractivity (Wildman–Crippen MR) is 114 cm³/mol. The van der Waals surface area contributed by atoms with Gasteiger partial charge < -0.3 is 15.2 Å². The molecule has 0 spiro atoms. The number of aromatic nitrogens is 2. The van der Waals surface area contributed by atoms with Crippen LogP contribution in [0.25, 0.3) is 11.3 Å². The molecule has 0 saturated carbocycles. The zero-order chi connectivity index (χ0) is 25.2. The summed E-state index contributed by atoms with van der Waals surface area (Å²) in [6.07, 6.45) is -4.17. The maximum atomic E-state index is 14.8. The number of nitrogens with two attached hydrogens (primary N) is 1. The van der Waals surface area contributed by atoms with Crippen LogP contribution in [0.4, 0.5) is 33.3 Å². The minimum atomic E-state index is -5.46. The van der Waals surface area contributed by atoms with Crippen LogP contribution >= 0.6 is 11.6 Å². The summed E-state index contributed by atoms with van der Waals surface area (Å²) in [7, 11) is 2.64. The molecular formula is C21H18ClF5N4O3. The maximum absolute atomic E-state index is 14.8. The van der Waals surface area contributed by atoms with Gasteiger partial charge in [0.25, 0.3) is 0 Å². The summed E-state index contributed by atoms with van der Waals surface area (Å²) in [6.45, 7) is 0.177. The van der Waals surface area contributed by atoms with Gasteiger partial charge >= 0.3 is 12.1 Å². The van der Waals surface area contributed by atoms with Crippen molar-refractivity contribution in [3.05, 3.63) is 53.2 Å². The minimum absolute atomic E-state index is 0.0503. The number of methoxy groups -OCH3 is 1. The lowest BCUT2D eigenvalue weighted by atomic mass is 10.1. The van der Waals surface area contributed by atoms with E-state index in [1.54, 1.807) is 0 Å². The highest BCUT2D eigenvalue weighted by Crippen LogP contribution is 2.42. The highest BCUT2D eigenvalue weighted by molar-refractivity contribution is 6.33. The minimum Gasteiger partial charge on any atom is -0.497 e. The molecule has 0 aliphatic carbocycles. The Morgan fingerprint density at radius 2 is 1.85 bits per heavy atom. The molecule has 0 aliphatic rings. The second kappa shape index (κ2) is 9.85. The number of nitrogens with zero attached hydrogens (tertiary/aromatic N) is 3. The van der Waals surface area contributed by atoms with Gasteiger partial charge in [-0.2, -0.15) is 18.3 Å². The third-order valence-electron chi connectivity index (χ3n) is 4.64. The molecule has 0 bridgehead atoms. The standard InChI is InChI=1S/C21H18ClF5N4O3/c1-30-18(14(22)10-29-30)13-7-11(3-4-17(13)34-6-5-28)31(20(32)21(25,26)27)19-15(23)8-12(33-2)9-16(19)24/h3-4,7-10H,5-6,28H2,1-2H3. The monoisotopic (exact) mass is 504 g/mol. The molecule has 13 heteroatoms. The molecule has 1 heterocycles. The van der Waals surface area contributed by atoms with Gasteiger partial charge in [-0.15, -0.1) is 0 Å². The van der Waals surface area contributed by atoms with Crippen LogP contribution < -0.4 is 20.1 Å². The molecule has 0 atom stereocenters. The third kappa shape index (κ3) is 4.92. The van der Waals surface area contributed by atoms with Crippen molar-refractivity contribution in [3.63, 3.8) is 0 Å². The lowest BCUT2D eigenvalue weighted by Gasteiger charge is -2.26. The number of alkyl halides is 3. The van der Waals surface area contributed by atoms with Crippen molar-refractivity contribution in [2.45, 2.75) is 6.18 Å². The summed E-state index contributed by atoms with van der Waals surface area (Å²) in [5.41, 5.74) is 4.07. The second-order valence-corrected chi connectivity index (χ2v) is 7.27. The van der Waals surface area contributed by atoms with Gasteiger partial charge in [0.1, 0.15) is 23.8 Å². The van der Waals surface area contributed by atoms with Gasteiger partial charge in [-0.05, 0) is 18.2 Å². The van der Waals surface area contributed by atoms with Crippen LogP contribution in [0.2, 0.25) is 5.02 Å². The normalized spacial score (nSPS) is 11.4. The molecule has 182 valence electrons. The third-order valence-corrected chi connectivity index (χ3v) is 4.92. The summed E-state index contributed by atoms with van der Waals surface area (Å²) < 4.78 is 81.6. The van der Waals surface area contributed by atoms with Crippen LogP contribution in [0.3, 0.4) is 0 Å². The Morgan fingerprint density at radius 1 is 1.21 bits per heavy atom. The molecule has 0 saturated heterocycles. The SMILES string of the molecule is COc1cc(F)c(N(C(=O)C(F)(F)F)c2ccc(OCCN)c(-c3c(Cl)cnn3C)c2)c(F)c1. The van der Waals surface area contributed by atoms with Crippen molar-refractivity contribution in [1.29, 1.82) is 0 Å².